The van der Waals surface area contributed by atoms with E-state index in [1.807, 2.05) is 19.9 Å². The lowest BCUT2D eigenvalue weighted by molar-refractivity contribution is 0.237. The minimum absolute atomic E-state index is 0.725. The molecule has 0 heterocycles. The van der Waals surface area contributed by atoms with Gasteiger partial charge in [0.25, 0.3) is 0 Å². The first-order chi connectivity index (χ1) is 6.26. The minimum Gasteiger partial charge on any atom is -0.494 e. The fraction of sp³-hybridized carbons (Fsp3) is 0.500. The smallest absolute Gasteiger partial charge is 0.117 e. The molecule has 0 spiro atoms. The highest BCUT2D eigenvalue weighted by Crippen LogP contribution is 2.10. The first-order valence-corrected chi connectivity index (χ1v) is 4.89. The molecule has 74 valence electrons. The van der Waals surface area contributed by atoms with Crippen LogP contribution in [-0.4, -0.2) is 6.61 Å². The molecule has 0 aromatic rings. The van der Waals surface area contributed by atoms with Gasteiger partial charge in [-0.3, -0.25) is 0 Å². The Labute approximate surface area is 81.8 Å². The Balaban J connectivity index is 4.28. The molecule has 13 heavy (non-hydrogen) atoms. The van der Waals surface area contributed by atoms with Gasteiger partial charge in [-0.15, -0.1) is 0 Å². The summed E-state index contributed by atoms with van der Waals surface area (Å²) in [6.45, 7) is 8.90. The Morgan fingerprint density at radius 2 is 2.00 bits per heavy atom. The molecule has 0 bridgehead atoms. The Kier molecular flexibility index (Phi) is 7.08. The molecular weight excluding hydrogens is 160 g/mol. The van der Waals surface area contributed by atoms with Crippen LogP contribution in [0.3, 0.4) is 0 Å². The van der Waals surface area contributed by atoms with Crippen molar-refractivity contribution >= 4 is 0 Å². The molecule has 0 fully saturated rings. The summed E-state index contributed by atoms with van der Waals surface area (Å²) in [6.07, 6.45) is 9.34. The van der Waals surface area contributed by atoms with E-state index in [0.717, 1.165) is 18.8 Å². The third-order valence-corrected chi connectivity index (χ3v) is 1.67. The maximum absolute atomic E-state index is 5.44. The van der Waals surface area contributed by atoms with Gasteiger partial charge in [0, 0.05) is 0 Å². The first-order valence-electron chi connectivity index (χ1n) is 4.89. The molecule has 0 aromatic carbocycles. The van der Waals surface area contributed by atoms with Crippen molar-refractivity contribution in [3.8, 4) is 0 Å². The molecule has 0 saturated carbocycles. The van der Waals surface area contributed by atoms with Crippen molar-refractivity contribution in [1.82, 2.24) is 0 Å². The molecule has 0 atom stereocenters. The van der Waals surface area contributed by atoms with E-state index in [-0.39, 0.29) is 0 Å². The number of hydrogen-bond donors (Lipinski definition) is 0. The third-order valence-electron chi connectivity index (χ3n) is 1.67. The quantitative estimate of drug-likeness (QED) is 0.461. The highest BCUT2D eigenvalue weighted by Gasteiger charge is 1.96. The molecule has 1 heteroatoms. The first kappa shape index (κ1) is 12.0. The van der Waals surface area contributed by atoms with Gasteiger partial charge in [-0.2, -0.15) is 0 Å². The van der Waals surface area contributed by atoms with Crippen molar-refractivity contribution in [2.75, 3.05) is 6.61 Å². The highest BCUT2D eigenvalue weighted by atomic mass is 16.5. The molecule has 0 unspecified atom stereocenters. The number of ether oxygens (including phenoxy) is 1. The summed E-state index contributed by atoms with van der Waals surface area (Å²) in [6, 6.07) is 0. The van der Waals surface area contributed by atoms with Gasteiger partial charge >= 0.3 is 0 Å². The number of rotatable bonds is 5. The molecular formula is C12H20O. The minimum atomic E-state index is 0.725. The topological polar surface area (TPSA) is 9.23 Å². The van der Waals surface area contributed by atoms with Crippen LogP contribution in [0.25, 0.3) is 0 Å². The second-order valence-corrected chi connectivity index (χ2v) is 2.77. The molecule has 0 aliphatic rings. The molecule has 0 N–H and O–H groups in total. The molecule has 0 rings (SSSR count). The lowest BCUT2D eigenvalue weighted by Gasteiger charge is -2.07. The van der Waals surface area contributed by atoms with Crippen molar-refractivity contribution in [3.05, 3.63) is 35.6 Å². The van der Waals surface area contributed by atoms with Crippen molar-refractivity contribution in [1.29, 1.82) is 0 Å². The van der Waals surface area contributed by atoms with Crippen molar-refractivity contribution in [2.24, 2.45) is 0 Å². The van der Waals surface area contributed by atoms with E-state index in [2.05, 4.69) is 32.1 Å². The van der Waals surface area contributed by atoms with Crippen LogP contribution < -0.4 is 0 Å². The van der Waals surface area contributed by atoms with Crippen LogP contribution in [0.5, 0.6) is 0 Å². The molecule has 0 amide bonds. The fourth-order valence-electron chi connectivity index (χ4n) is 1.01. The summed E-state index contributed by atoms with van der Waals surface area (Å²) in [5.41, 5.74) is 1.18. The summed E-state index contributed by atoms with van der Waals surface area (Å²) in [5.74, 6) is 0.975. The monoisotopic (exact) mass is 180 g/mol. The van der Waals surface area contributed by atoms with Gasteiger partial charge in [0.15, 0.2) is 0 Å². The Morgan fingerprint density at radius 1 is 1.31 bits per heavy atom. The van der Waals surface area contributed by atoms with Crippen LogP contribution in [0.2, 0.25) is 0 Å². The van der Waals surface area contributed by atoms with Gasteiger partial charge in [-0.05, 0) is 38.8 Å². The van der Waals surface area contributed by atoms with Crippen molar-refractivity contribution < 1.29 is 4.74 Å². The standard InChI is InChI=1S/C12H20O/c1-5-8-9-10-11(4)12(6-2)13-7-3/h6,8-10H,5,7H2,1-4H3. The van der Waals surface area contributed by atoms with E-state index in [4.69, 9.17) is 4.74 Å². The van der Waals surface area contributed by atoms with Crippen LogP contribution >= 0.6 is 0 Å². The molecule has 0 aliphatic carbocycles. The van der Waals surface area contributed by atoms with E-state index < -0.39 is 0 Å². The summed E-state index contributed by atoms with van der Waals surface area (Å²) in [4.78, 5) is 0. The predicted octanol–water partition coefficient (Wildman–Crippen LogP) is 3.84. The molecule has 0 saturated heterocycles. The van der Waals surface area contributed by atoms with Gasteiger partial charge in [0.2, 0.25) is 0 Å². The lowest BCUT2D eigenvalue weighted by Crippen LogP contribution is -1.92. The fourth-order valence-corrected chi connectivity index (χ4v) is 1.01. The van der Waals surface area contributed by atoms with Crippen LogP contribution in [0.1, 0.15) is 34.1 Å². The normalized spacial score (nSPS) is 13.8. The second kappa shape index (κ2) is 7.66. The molecule has 0 radical (unpaired) electrons. The number of allylic oxidation sites excluding steroid dienone is 5. The zero-order chi connectivity index (χ0) is 10.1. The molecule has 0 aromatic heterocycles. The maximum Gasteiger partial charge on any atom is 0.117 e. The molecule has 0 aliphatic heterocycles. The zero-order valence-electron chi connectivity index (χ0n) is 9.13. The van der Waals surface area contributed by atoms with Crippen molar-refractivity contribution in [2.45, 2.75) is 34.1 Å². The highest BCUT2D eigenvalue weighted by molar-refractivity contribution is 5.27. The third kappa shape index (κ3) is 5.29. The average Bonchev–Trinajstić information content (AvgIpc) is 2.14. The number of hydrogen-bond acceptors (Lipinski definition) is 1. The van der Waals surface area contributed by atoms with E-state index in [1.54, 1.807) is 0 Å². The predicted molar refractivity (Wildman–Crippen MR) is 58.6 cm³/mol. The molecule has 1 nitrogen and oxygen atoms in total. The lowest BCUT2D eigenvalue weighted by atomic mass is 10.2. The second-order valence-electron chi connectivity index (χ2n) is 2.77. The Hall–Kier alpha value is -0.980. The van der Waals surface area contributed by atoms with E-state index in [1.165, 1.54) is 5.57 Å². The Bertz CT molecular complexity index is 209. The maximum atomic E-state index is 5.44. The summed E-state index contributed by atoms with van der Waals surface area (Å²) < 4.78 is 5.44. The Morgan fingerprint density at radius 3 is 2.46 bits per heavy atom. The van der Waals surface area contributed by atoms with E-state index >= 15 is 0 Å². The van der Waals surface area contributed by atoms with Crippen LogP contribution in [-0.2, 0) is 4.74 Å². The van der Waals surface area contributed by atoms with Gasteiger partial charge in [0.1, 0.15) is 5.76 Å². The summed E-state index contributed by atoms with van der Waals surface area (Å²) in [7, 11) is 0. The average molecular weight is 180 g/mol. The van der Waals surface area contributed by atoms with Gasteiger partial charge in [0.05, 0.1) is 6.61 Å². The van der Waals surface area contributed by atoms with Crippen LogP contribution in [0.4, 0.5) is 0 Å². The van der Waals surface area contributed by atoms with Crippen LogP contribution in [0, 0.1) is 0 Å². The van der Waals surface area contributed by atoms with Gasteiger partial charge in [-0.25, -0.2) is 0 Å². The van der Waals surface area contributed by atoms with Gasteiger partial charge in [-0.1, -0.05) is 25.2 Å². The summed E-state index contributed by atoms with van der Waals surface area (Å²) in [5, 5.41) is 0. The van der Waals surface area contributed by atoms with Gasteiger partial charge < -0.3 is 4.74 Å². The van der Waals surface area contributed by atoms with Crippen molar-refractivity contribution in [3.63, 3.8) is 0 Å². The summed E-state index contributed by atoms with van der Waals surface area (Å²) >= 11 is 0. The van der Waals surface area contributed by atoms with Crippen LogP contribution in [0.15, 0.2) is 35.6 Å². The largest absolute Gasteiger partial charge is 0.494 e. The SMILES string of the molecule is CC=C(OCC)C(C)=CC=CCC. The zero-order valence-corrected chi connectivity index (χ0v) is 9.13. The van der Waals surface area contributed by atoms with E-state index in [9.17, 15) is 0 Å². The van der Waals surface area contributed by atoms with E-state index in [0.29, 0.717) is 0 Å².